The number of hydrogen-bond donors (Lipinski definition) is 4. The van der Waals surface area contributed by atoms with E-state index >= 15 is 0 Å². The van der Waals surface area contributed by atoms with E-state index in [4.69, 9.17) is 20.4 Å². The first-order valence-electron chi connectivity index (χ1n) is 11.4. The van der Waals surface area contributed by atoms with Gasteiger partial charge in [-0.3, -0.25) is 0 Å². The molecule has 0 aliphatic carbocycles. The minimum Gasteiger partial charge on any atom is -0.507 e. The van der Waals surface area contributed by atoms with Gasteiger partial charge in [-0.25, -0.2) is 14.2 Å². The second kappa shape index (κ2) is 12.2. The number of nitrogens with one attached hydrogen (secondary N) is 1. The molecule has 0 saturated carbocycles. The summed E-state index contributed by atoms with van der Waals surface area (Å²) in [6.07, 6.45) is -3.13. The molecule has 0 radical (unpaired) electrons. The second-order valence-corrected chi connectivity index (χ2v) is 8.38. The topological polar surface area (TPSA) is 141 Å². The van der Waals surface area contributed by atoms with Gasteiger partial charge >= 0.3 is 12.1 Å². The van der Waals surface area contributed by atoms with E-state index in [0.717, 1.165) is 37.1 Å². The van der Waals surface area contributed by atoms with Gasteiger partial charge in [-0.05, 0) is 66.8 Å². The van der Waals surface area contributed by atoms with Crippen LogP contribution in [0.2, 0.25) is 0 Å². The molecule has 5 N–H and O–H groups in total. The molecule has 0 amide bonds. The first-order valence-corrected chi connectivity index (χ1v) is 11.4. The van der Waals surface area contributed by atoms with E-state index in [2.05, 4.69) is 16.4 Å². The Hall–Kier alpha value is -4.37. The first-order chi connectivity index (χ1) is 18.0. The number of halogens is 4. The van der Waals surface area contributed by atoms with Crippen LogP contribution in [0.1, 0.15) is 35.4 Å². The highest BCUT2D eigenvalue weighted by atomic mass is 19.4. The Balaban J connectivity index is 0.000000505. The molecule has 1 aromatic heterocycles. The van der Waals surface area contributed by atoms with E-state index in [0.29, 0.717) is 22.6 Å². The minimum atomic E-state index is -5.08. The number of pyridine rings is 1. The third-order valence-corrected chi connectivity index (χ3v) is 5.74. The molecule has 0 spiro atoms. The number of benzene rings is 2. The molecule has 0 bridgehead atoms. The molecule has 200 valence electrons. The van der Waals surface area contributed by atoms with Crippen molar-refractivity contribution in [2.45, 2.75) is 31.5 Å². The van der Waals surface area contributed by atoms with Crippen molar-refractivity contribution in [1.29, 1.82) is 5.26 Å². The van der Waals surface area contributed by atoms with Gasteiger partial charge in [-0.1, -0.05) is 18.2 Å². The molecule has 4 rings (SSSR count). The summed E-state index contributed by atoms with van der Waals surface area (Å²) in [7, 11) is 0. The van der Waals surface area contributed by atoms with Crippen molar-refractivity contribution in [3.63, 3.8) is 0 Å². The molecule has 1 saturated heterocycles. The standard InChI is InChI=1S/C24H23FN4O2.C2HF3O2/c25-17-8-6-15(7-9-17)14-31-22-5-1-4-21(30)23(22)20-11-18(16-3-2-10-28-13-16)19(12-26)24(27)29-20;3-2(4,5)1(6)7/h1,4-9,11,16,28,30H,2-3,10,13-14H2,(H2,27,29);(H,6,7). The van der Waals surface area contributed by atoms with Gasteiger partial charge in [0.1, 0.15) is 35.8 Å². The number of nitrogens with two attached hydrogens (primary N) is 1. The summed E-state index contributed by atoms with van der Waals surface area (Å²) >= 11 is 0. The zero-order valence-electron chi connectivity index (χ0n) is 19.9. The fraction of sp³-hybridized carbons (Fsp3) is 0.269. The number of rotatable bonds is 5. The minimum absolute atomic E-state index is 0.000864. The van der Waals surface area contributed by atoms with Gasteiger partial charge in [0.2, 0.25) is 0 Å². The third-order valence-electron chi connectivity index (χ3n) is 5.74. The fourth-order valence-corrected chi connectivity index (χ4v) is 3.91. The molecule has 1 aliphatic heterocycles. The van der Waals surface area contributed by atoms with E-state index in [-0.39, 0.29) is 29.9 Å². The van der Waals surface area contributed by atoms with Crippen molar-refractivity contribution in [1.82, 2.24) is 10.3 Å². The predicted octanol–water partition coefficient (Wildman–Crippen LogP) is 4.73. The quantitative estimate of drug-likeness (QED) is 0.346. The third kappa shape index (κ3) is 7.10. The molecular weight excluding hydrogens is 508 g/mol. The summed E-state index contributed by atoms with van der Waals surface area (Å²) in [4.78, 5) is 13.3. The first kappa shape index (κ1) is 28.2. The van der Waals surface area contributed by atoms with Gasteiger partial charge in [0, 0.05) is 6.54 Å². The maximum absolute atomic E-state index is 13.2. The highest BCUT2D eigenvalue weighted by Gasteiger charge is 2.38. The Morgan fingerprint density at radius 1 is 1.24 bits per heavy atom. The molecule has 2 aromatic carbocycles. The molecule has 12 heteroatoms. The Morgan fingerprint density at radius 2 is 1.92 bits per heavy atom. The van der Waals surface area contributed by atoms with Crippen LogP contribution >= 0.6 is 0 Å². The summed E-state index contributed by atoms with van der Waals surface area (Å²) in [6.45, 7) is 1.90. The van der Waals surface area contributed by atoms with Gasteiger partial charge in [-0.2, -0.15) is 18.4 Å². The van der Waals surface area contributed by atoms with E-state index in [9.17, 15) is 27.9 Å². The molecule has 1 unspecified atom stereocenters. The number of phenols is 1. The number of ether oxygens (including phenoxy) is 1. The van der Waals surface area contributed by atoms with Crippen molar-refractivity contribution in [3.05, 3.63) is 71.0 Å². The Bertz CT molecular complexity index is 1320. The number of carboxylic acid groups (broad SMARTS) is 1. The SMILES string of the molecule is N#Cc1c(C2CCCNC2)cc(-c2c(O)cccc2OCc2ccc(F)cc2)nc1N.O=C(O)C(F)(F)F. The van der Waals surface area contributed by atoms with Gasteiger partial charge in [0.25, 0.3) is 0 Å². The number of piperidine rings is 1. The largest absolute Gasteiger partial charge is 0.507 e. The average molecular weight is 532 g/mol. The molecule has 1 atom stereocenters. The van der Waals surface area contributed by atoms with Crippen molar-refractivity contribution in [2.75, 3.05) is 18.8 Å². The molecule has 1 aliphatic rings. The molecule has 8 nitrogen and oxygen atoms in total. The number of nitriles is 1. The summed E-state index contributed by atoms with van der Waals surface area (Å²) < 4.78 is 50.8. The number of aromatic nitrogens is 1. The van der Waals surface area contributed by atoms with Gasteiger partial charge < -0.3 is 26.0 Å². The number of anilines is 1. The maximum atomic E-state index is 13.2. The van der Waals surface area contributed by atoms with E-state index in [1.54, 1.807) is 30.3 Å². The Morgan fingerprint density at radius 3 is 2.50 bits per heavy atom. The van der Waals surface area contributed by atoms with Crippen LogP contribution in [0, 0.1) is 17.1 Å². The van der Waals surface area contributed by atoms with Crippen molar-refractivity contribution >= 4 is 11.8 Å². The van der Waals surface area contributed by atoms with E-state index < -0.39 is 12.1 Å². The summed E-state index contributed by atoms with van der Waals surface area (Å²) in [5.41, 5.74) is 8.99. The normalized spacial score (nSPS) is 15.1. The maximum Gasteiger partial charge on any atom is 0.490 e. The predicted molar refractivity (Wildman–Crippen MR) is 130 cm³/mol. The number of carbonyl (C=O) groups is 1. The van der Waals surface area contributed by atoms with Gasteiger partial charge in [0.15, 0.2) is 0 Å². The number of alkyl halides is 3. The lowest BCUT2D eigenvalue weighted by Crippen LogP contribution is -2.29. The van der Waals surface area contributed by atoms with Crippen molar-refractivity contribution in [3.8, 4) is 28.8 Å². The van der Waals surface area contributed by atoms with Gasteiger partial charge in [0.05, 0.1) is 16.8 Å². The van der Waals surface area contributed by atoms with Crippen molar-refractivity contribution in [2.24, 2.45) is 0 Å². The number of aromatic hydroxyl groups is 1. The van der Waals surface area contributed by atoms with Crippen LogP contribution < -0.4 is 15.8 Å². The lowest BCUT2D eigenvalue weighted by molar-refractivity contribution is -0.192. The van der Waals surface area contributed by atoms with E-state index in [1.165, 1.54) is 12.1 Å². The smallest absolute Gasteiger partial charge is 0.490 e. The molecule has 38 heavy (non-hydrogen) atoms. The zero-order valence-corrected chi connectivity index (χ0v) is 19.9. The number of aliphatic carboxylic acids is 1. The number of carboxylic acids is 1. The van der Waals surface area contributed by atoms with Crippen molar-refractivity contribution < 1.29 is 37.3 Å². The van der Waals surface area contributed by atoms with Crippen LogP contribution in [0.3, 0.4) is 0 Å². The Labute approximate surface area is 215 Å². The number of nitrogens with zero attached hydrogens (tertiary/aromatic N) is 2. The number of nitrogen functional groups attached to an aromatic ring is 1. The zero-order chi connectivity index (χ0) is 27.9. The lowest BCUT2D eigenvalue weighted by atomic mass is 9.88. The summed E-state index contributed by atoms with van der Waals surface area (Å²) in [6, 6.07) is 15.0. The summed E-state index contributed by atoms with van der Waals surface area (Å²) in [5.74, 6) is -2.37. The second-order valence-electron chi connectivity index (χ2n) is 8.38. The van der Waals surface area contributed by atoms with Gasteiger partial charge in [-0.15, -0.1) is 0 Å². The molecule has 2 heterocycles. The average Bonchev–Trinajstić information content (AvgIpc) is 2.88. The van der Waals surface area contributed by atoms with Crippen LogP contribution in [0.25, 0.3) is 11.3 Å². The monoisotopic (exact) mass is 532 g/mol. The summed E-state index contributed by atoms with van der Waals surface area (Å²) in [5, 5.41) is 30.7. The van der Waals surface area contributed by atoms with Crippen LogP contribution in [-0.4, -0.2) is 40.4 Å². The fourth-order valence-electron chi connectivity index (χ4n) is 3.91. The molecule has 1 fully saturated rings. The lowest BCUT2D eigenvalue weighted by Gasteiger charge is -2.25. The number of hydrogen-bond acceptors (Lipinski definition) is 7. The molecular formula is C26H24F4N4O4. The highest BCUT2D eigenvalue weighted by molar-refractivity contribution is 5.76. The number of phenolic OH excluding ortho intramolecular Hbond substituents is 1. The highest BCUT2D eigenvalue weighted by Crippen LogP contribution is 2.40. The van der Waals surface area contributed by atoms with Crippen LogP contribution in [0.15, 0.2) is 48.5 Å². The van der Waals surface area contributed by atoms with Crippen LogP contribution in [-0.2, 0) is 11.4 Å². The molecule has 3 aromatic rings. The van der Waals surface area contributed by atoms with E-state index in [1.807, 2.05) is 6.07 Å². The van der Waals surface area contributed by atoms with Crippen LogP contribution in [0.5, 0.6) is 11.5 Å². The Kier molecular flexibility index (Phi) is 9.09. The van der Waals surface area contributed by atoms with Crippen LogP contribution in [0.4, 0.5) is 23.4 Å².